The summed E-state index contributed by atoms with van der Waals surface area (Å²) in [6, 6.07) is 8.37. The van der Waals surface area contributed by atoms with Gasteiger partial charge in [-0.3, -0.25) is 0 Å². The minimum absolute atomic E-state index is 0.138. The van der Waals surface area contributed by atoms with Gasteiger partial charge in [0.25, 0.3) is 0 Å². The van der Waals surface area contributed by atoms with E-state index in [4.69, 9.17) is 10.5 Å². The van der Waals surface area contributed by atoms with Gasteiger partial charge in [-0.1, -0.05) is 38.5 Å². The highest BCUT2D eigenvalue weighted by Crippen LogP contribution is 2.41. The van der Waals surface area contributed by atoms with Gasteiger partial charge in [0.1, 0.15) is 5.75 Å². The van der Waals surface area contributed by atoms with E-state index in [1.807, 2.05) is 6.07 Å². The van der Waals surface area contributed by atoms with Gasteiger partial charge in [-0.05, 0) is 24.8 Å². The van der Waals surface area contributed by atoms with Crippen molar-refractivity contribution in [2.75, 3.05) is 13.2 Å². The Bertz CT molecular complexity index is 375. The lowest BCUT2D eigenvalue weighted by Gasteiger charge is -2.38. The van der Waals surface area contributed by atoms with E-state index < -0.39 is 0 Å². The van der Waals surface area contributed by atoms with Crippen LogP contribution in [0.25, 0.3) is 0 Å². The highest BCUT2D eigenvalue weighted by molar-refractivity contribution is 5.41. The van der Waals surface area contributed by atoms with Gasteiger partial charge in [0.15, 0.2) is 0 Å². The summed E-state index contributed by atoms with van der Waals surface area (Å²) >= 11 is 0. The van der Waals surface area contributed by atoms with Crippen LogP contribution < -0.4 is 10.5 Å². The van der Waals surface area contributed by atoms with E-state index in [-0.39, 0.29) is 5.41 Å². The van der Waals surface area contributed by atoms with Crippen molar-refractivity contribution in [3.8, 4) is 5.75 Å². The summed E-state index contributed by atoms with van der Waals surface area (Å²) in [7, 11) is 0. The molecule has 2 nitrogen and oxygen atoms in total. The van der Waals surface area contributed by atoms with Crippen LogP contribution in [0.3, 0.4) is 0 Å². The monoisotopic (exact) mass is 233 g/mol. The zero-order chi connectivity index (χ0) is 12.3. The highest BCUT2D eigenvalue weighted by Gasteiger charge is 2.35. The van der Waals surface area contributed by atoms with Crippen molar-refractivity contribution in [1.29, 1.82) is 0 Å². The summed E-state index contributed by atoms with van der Waals surface area (Å²) in [5.41, 5.74) is 7.54. The minimum atomic E-state index is 0.138. The second-order valence-electron chi connectivity index (χ2n) is 5.51. The number of hydrogen-bond donors (Lipinski definition) is 1. The number of benzene rings is 1. The Morgan fingerprint density at radius 2 is 2.12 bits per heavy atom. The molecule has 1 heterocycles. The number of nitrogens with two attached hydrogens (primary N) is 1. The first kappa shape index (κ1) is 12.4. The fourth-order valence-corrected chi connectivity index (χ4v) is 2.66. The molecule has 0 aromatic heterocycles. The third-order valence-corrected chi connectivity index (χ3v) is 3.89. The second kappa shape index (κ2) is 5.09. The Labute approximate surface area is 104 Å². The molecule has 1 unspecified atom stereocenters. The lowest BCUT2D eigenvalue weighted by Crippen LogP contribution is -2.40. The smallest absolute Gasteiger partial charge is 0.123 e. The van der Waals surface area contributed by atoms with E-state index in [0.29, 0.717) is 0 Å². The Morgan fingerprint density at radius 3 is 2.82 bits per heavy atom. The van der Waals surface area contributed by atoms with Gasteiger partial charge >= 0.3 is 0 Å². The summed E-state index contributed by atoms with van der Waals surface area (Å²) in [6.07, 6.45) is 3.44. The van der Waals surface area contributed by atoms with Gasteiger partial charge in [-0.15, -0.1) is 0 Å². The Morgan fingerprint density at radius 1 is 1.35 bits per heavy atom. The molecule has 0 aliphatic carbocycles. The van der Waals surface area contributed by atoms with Crippen molar-refractivity contribution in [2.24, 2.45) is 11.7 Å². The predicted molar refractivity (Wildman–Crippen MR) is 71.4 cm³/mol. The van der Waals surface area contributed by atoms with Crippen molar-refractivity contribution in [1.82, 2.24) is 0 Å². The standard InChI is InChI=1S/C15H23NO/c1-12(2)7-8-15(11-16)9-10-17-14-6-4-3-5-13(14)15/h3-6,12H,7-11,16H2,1-2H3. The van der Waals surface area contributed by atoms with E-state index in [0.717, 1.165) is 31.2 Å². The molecule has 2 heteroatoms. The summed E-state index contributed by atoms with van der Waals surface area (Å²) < 4.78 is 5.73. The van der Waals surface area contributed by atoms with Gasteiger partial charge in [0.2, 0.25) is 0 Å². The summed E-state index contributed by atoms with van der Waals surface area (Å²) in [6.45, 7) is 6.07. The topological polar surface area (TPSA) is 35.2 Å². The average molecular weight is 233 g/mol. The van der Waals surface area contributed by atoms with Gasteiger partial charge in [-0.2, -0.15) is 0 Å². The molecule has 1 aliphatic heterocycles. The van der Waals surface area contributed by atoms with Crippen molar-refractivity contribution >= 4 is 0 Å². The van der Waals surface area contributed by atoms with E-state index >= 15 is 0 Å². The van der Waals surface area contributed by atoms with Crippen molar-refractivity contribution < 1.29 is 4.74 Å². The van der Waals surface area contributed by atoms with Crippen molar-refractivity contribution in [3.63, 3.8) is 0 Å². The maximum absolute atomic E-state index is 6.08. The van der Waals surface area contributed by atoms with Gasteiger partial charge in [0.05, 0.1) is 6.61 Å². The molecule has 2 N–H and O–H groups in total. The number of para-hydroxylation sites is 1. The fourth-order valence-electron chi connectivity index (χ4n) is 2.66. The molecule has 1 aromatic rings. The average Bonchev–Trinajstić information content (AvgIpc) is 2.36. The lowest BCUT2D eigenvalue weighted by atomic mass is 9.72. The van der Waals surface area contributed by atoms with Crippen LogP contribution in [-0.4, -0.2) is 13.2 Å². The molecule has 1 aliphatic rings. The second-order valence-corrected chi connectivity index (χ2v) is 5.51. The van der Waals surface area contributed by atoms with Crippen LogP contribution in [0.15, 0.2) is 24.3 Å². The Kier molecular flexibility index (Phi) is 3.72. The zero-order valence-electron chi connectivity index (χ0n) is 10.9. The molecular weight excluding hydrogens is 210 g/mol. The third-order valence-electron chi connectivity index (χ3n) is 3.89. The van der Waals surface area contributed by atoms with Gasteiger partial charge in [-0.25, -0.2) is 0 Å². The summed E-state index contributed by atoms with van der Waals surface area (Å²) in [5, 5.41) is 0. The zero-order valence-corrected chi connectivity index (χ0v) is 10.9. The quantitative estimate of drug-likeness (QED) is 0.867. The molecule has 0 saturated carbocycles. The van der Waals surface area contributed by atoms with E-state index in [1.165, 1.54) is 18.4 Å². The molecule has 0 saturated heterocycles. The fraction of sp³-hybridized carbons (Fsp3) is 0.600. The maximum Gasteiger partial charge on any atom is 0.123 e. The highest BCUT2D eigenvalue weighted by atomic mass is 16.5. The third kappa shape index (κ3) is 2.47. The number of ether oxygens (including phenoxy) is 1. The molecular formula is C15H23NO. The van der Waals surface area contributed by atoms with Crippen LogP contribution >= 0.6 is 0 Å². The minimum Gasteiger partial charge on any atom is -0.493 e. The van der Waals surface area contributed by atoms with E-state index in [9.17, 15) is 0 Å². The molecule has 0 fully saturated rings. The Balaban J connectivity index is 2.28. The molecule has 2 rings (SSSR count). The van der Waals surface area contributed by atoms with Crippen LogP contribution in [0, 0.1) is 5.92 Å². The Hall–Kier alpha value is -1.02. The number of hydrogen-bond acceptors (Lipinski definition) is 2. The molecule has 1 atom stereocenters. The number of fused-ring (bicyclic) bond motifs is 1. The normalized spacial score (nSPS) is 23.3. The molecule has 17 heavy (non-hydrogen) atoms. The van der Waals surface area contributed by atoms with Crippen LogP contribution in [0.1, 0.15) is 38.7 Å². The number of rotatable bonds is 4. The van der Waals surface area contributed by atoms with E-state index in [2.05, 4.69) is 32.0 Å². The van der Waals surface area contributed by atoms with Crippen LogP contribution in [-0.2, 0) is 5.41 Å². The van der Waals surface area contributed by atoms with Gasteiger partial charge in [0, 0.05) is 17.5 Å². The summed E-state index contributed by atoms with van der Waals surface area (Å²) in [4.78, 5) is 0. The molecule has 1 aromatic carbocycles. The first-order valence-corrected chi connectivity index (χ1v) is 6.60. The lowest BCUT2D eigenvalue weighted by molar-refractivity contribution is 0.202. The van der Waals surface area contributed by atoms with Crippen LogP contribution in [0.2, 0.25) is 0 Å². The SMILES string of the molecule is CC(C)CCC1(CN)CCOc2ccccc21. The van der Waals surface area contributed by atoms with Crippen molar-refractivity contribution in [3.05, 3.63) is 29.8 Å². The molecule has 0 radical (unpaired) electrons. The maximum atomic E-state index is 6.08. The molecule has 0 spiro atoms. The molecule has 0 amide bonds. The predicted octanol–water partition coefficient (Wildman–Crippen LogP) is 3.10. The molecule has 0 bridgehead atoms. The van der Waals surface area contributed by atoms with Crippen LogP contribution in [0.5, 0.6) is 5.75 Å². The largest absolute Gasteiger partial charge is 0.493 e. The molecule has 94 valence electrons. The first-order chi connectivity index (χ1) is 8.18. The van der Waals surface area contributed by atoms with E-state index in [1.54, 1.807) is 0 Å². The van der Waals surface area contributed by atoms with Crippen molar-refractivity contribution in [2.45, 2.75) is 38.5 Å². The first-order valence-electron chi connectivity index (χ1n) is 6.60. The van der Waals surface area contributed by atoms with Gasteiger partial charge < -0.3 is 10.5 Å². The summed E-state index contributed by atoms with van der Waals surface area (Å²) in [5.74, 6) is 1.77. The van der Waals surface area contributed by atoms with Crippen LogP contribution in [0.4, 0.5) is 0 Å².